The molecule has 0 heterocycles. The predicted octanol–water partition coefficient (Wildman–Crippen LogP) is 4.15. The summed E-state index contributed by atoms with van der Waals surface area (Å²) in [5.41, 5.74) is 0.699. The Balaban J connectivity index is 1.57. The van der Waals surface area contributed by atoms with E-state index in [0.29, 0.717) is 29.3 Å². The molecule has 2 fully saturated rings. The summed E-state index contributed by atoms with van der Waals surface area (Å²) < 4.78 is 5.92. The highest BCUT2D eigenvalue weighted by Gasteiger charge is 2.25. The second kappa shape index (κ2) is 7.54. The Morgan fingerprint density at radius 1 is 1.13 bits per heavy atom. The molecule has 1 aromatic carbocycles. The van der Waals surface area contributed by atoms with Crippen LogP contribution in [-0.4, -0.2) is 23.2 Å². The van der Waals surface area contributed by atoms with E-state index >= 15 is 0 Å². The summed E-state index contributed by atoms with van der Waals surface area (Å²) in [6.45, 7) is 0. The van der Waals surface area contributed by atoms with Crippen LogP contribution in [0, 0.1) is 5.92 Å². The molecule has 2 N–H and O–H groups in total. The SMILES string of the molecule is O=C(Nc1ccc(OC2CCCC2)c(Cl)c1)C1CCC(O)CC1. The van der Waals surface area contributed by atoms with Crippen LogP contribution in [0.3, 0.4) is 0 Å². The lowest BCUT2D eigenvalue weighted by atomic mass is 9.87. The van der Waals surface area contributed by atoms with E-state index in [0.717, 1.165) is 25.7 Å². The first-order valence-corrected chi connectivity index (χ1v) is 8.95. The van der Waals surface area contributed by atoms with E-state index in [9.17, 15) is 9.90 Å². The minimum atomic E-state index is -0.250. The molecule has 4 nitrogen and oxygen atoms in total. The fourth-order valence-electron chi connectivity index (χ4n) is 3.44. The summed E-state index contributed by atoms with van der Waals surface area (Å²) in [4.78, 5) is 12.3. The first kappa shape index (κ1) is 16.6. The van der Waals surface area contributed by atoms with Gasteiger partial charge in [-0.3, -0.25) is 4.79 Å². The van der Waals surface area contributed by atoms with Gasteiger partial charge in [0.15, 0.2) is 0 Å². The monoisotopic (exact) mass is 337 g/mol. The Hall–Kier alpha value is -1.26. The van der Waals surface area contributed by atoms with Crippen molar-refractivity contribution < 1.29 is 14.6 Å². The molecule has 2 aliphatic carbocycles. The van der Waals surface area contributed by atoms with Gasteiger partial charge in [-0.25, -0.2) is 0 Å². The third-order valence-corrected chi connectivity index (χ3v) is 5.16. The molecule has 0 spiro atoms. The number of hydrogen-bond acceptors (Lipinski definition) is 3. The highest BCUT2D eigenvalue weighted by Crippen LogP contribution is 2.32. The van der Waals surface area contributed by atoms with Crippen LogP contribution in [0.2, 0.25) is 5.02 Å². The highest BCUT2D eigenvalue weighted by atomic mass is 35.5. The fourth-order valence-corrected chi connectivity index (χ4v) is 3.67. The average Bonchev–Trinajstić information content (AvgIpc) is 3.04. The number of nitrogens with one attached hydrogen (secondary N) is 1. The summed E-state index contributed by atoms with van der Waals surface area (Å²) in [5, 5.41) is 13.0. The quantitative estimate of drug-likeness (QED) is 0.867. The second-order valence-corrected chi connectivity index (χ2v) is 7.07. The van der Waals surface area contributed by atoms with Crippen molar-refractivity contribution in [3.8, 4) is 5.75 Å². The molecule has 0 aliphatic heterocycles. The lowest BCUT2D eigenvalue weighted by Crippen LogP contribution is -2.28. The minimum absolute atomic E-state index is 0.0115. The first-order chi connectivity index (χ1) is 11.1. The summed E-state index contributed by atoms with van der Waals surface area (Å²) in [6, 6.07) is 5.42. The van der Waals surface area contributed by atoms with Crippen LogP contribution >= 0.6 is 11.6 Å². The molecule has 5 heteroatoms. The molecule has 23 heavy (non-hydrogen) atoms. The zero-order chi connectivity index (χ0) is 16.2. The maximum absolute atomic E-state index is 12.3. The zero-order valence-corrected chi connectivity index (χ0v) is 14.0. The topological polar surface area (TPSA) is 58.6 Å². The molecular formula is C18H24ClNO3. The van der Waals surface area contributed by atoms with Gasteiger partial charge < -0.3 is 15.2 Å². The van der Waals surface area contributed by atoms with Gasteiger partial charge in [-0.1, -0.05) is 11.6 Å². The molecule has 0 aromatic heterocycles. The van der Waals surface area contributed by atoms with Crippen LogP contribution in [0.4, 0.5) is 5.69 Å². The number of ether oxygens (including phenoxy) is 1. The van der Waals surface area contributed by atoms with E-state index < -0.39 is 0 Å². The van der Waals surface area contributed by atoms with Gasteiger partial charge in [-0.05, 0) is 69.6 Å². The minimum Gasteiger partial charge on any atom is -0.489 e. The number of carbonyl (C=O) groups is 1. The Morgan fingerprint density at radius 2 is 1.83 bits per heavy atom. The fraction of sp³-hybridized carbons (Fsp3) is 0.611. The van der Waals surface area contributed by atoms with Crippen LogP contribution in [0.5, 0.6) is 5.75 Å². The van der Waals surface area contributed by atoms with Gasteiger partial charge in [0.25, 0.3) is 0 Å². The highest BCUT2D eigenvalue weighted by molar-refractivity contribution is 6.32. The molecule has 0 unspecified atom stereocenters. The number of anilines is 1. The van der Waals surface area contributed by atoms with E-state index in [1.54, 1.807) is 6.07 Å². The Labute approximate surface area is 142 Å². The van der Waals surface area contributed by atoms with Gasteiger partial charge in [0.05, 0.1) is 17.2 Å². The standard InChI is InChI=1S/C18H24ClNO3/c19-16-11-13(7-10-17(16)23-15-3-1-2-4-15)20-18(22)12-5-8-14(21)9-6-12/h7,10-12,14-15,21H,1-6,8-9H2,(H,20,22). The molecule has 126 valence electrons. The molecular weight excluding hydrogens is 314 g/mol. The van der Waals surface area contributed by atoms with Crippen molar-refractivity contribution in [1.82, 2.24) is 0 Å². The number of hydrogen-bond donors (Lipinski definition) is 2. The molecule has 3 rings (SSSR count). The number of aliphatic hydroxyl groups is 1. The number of rotatable bonds is 4. The number of carbonyl (C=O) groups excluding carboxylic acids is 1. The summed E-state index contributed by atoms with van der Waals surface area (Å²) in [6.07, 6.45) is 7.50. The van der Waals surface area contributed by atoms with Crippen molar-refractivity contribution in [3.63, 3.8) is 0 Å². The molecule has 2 aliphatic rings. The molecule has 0 atom stereocenters. The van der Waals surface area contributed by atoms with Crippen molar-refractivity contribution in [1.29, 1.82) is 0 Å². The summed E-state index contributed by atoms with van der Waals surface area (Å²) in [5.74, 6) is 0.682. The normalized spacial score (nSPS) is 25.3. The van der Waals surface area contributed by atoms with Gasteiger partial charge in [0.1, 0.15) is 5.75 Å². The van der Waals surface area contributed by atoms with Crippen molar-refractivity contribution in [3.05, 3.63) is 23.2 Å². The first-order valence-electron chi connectivity index (χ1n) is 8.57. The third kappa shape index (κ3) is 4.39. The second-order valence-electron chi connectivity index (χ2n) is 6.66. The zero-order valence-electron chi connectivity index (χ0n) is 13.3. The Morgan fingerprint density at radius 3 is 2.48 bits per heavy atom. The maximum atomic E-state index is 12.3. The van der Waals surface area contributed by atoms with Crippen LogP contribution in [0.15, 0.2) is 18.2 Å². The van der Waals surface area contributed by atoms with Gasteiger partial charge in [-0.15, -0.1) is 0 Å². The molecule has 1 aromatic rings. The maximum Gasteiger partial charge on any atom is 0.227 e. The number of aliphatic hydroxyl groups excluding tert-OH is 1. The molecule has 1 amide bonds. The Bertz CT molecular complexity index is 549. The lowest BCUT2D eigenvalue weighted by molar-refractivity contribution is -0.121. The lowest BCUT2D eigenvalue weighted by Gasteiger charge is -2.24. The Kier molecular flexibility index (Phi) is 5.44. The van der Waals surface area contributed by atoms with Gasteiger partial charge >= 0.3 is 0 Å². The molecule has 0 bridgehead atoms. The summed E-state index contributed by atoms with van der Waals surface area (Å²) >= 11 is 6.29. The number of amides is 1. The van der Waals surface area contributed by atoms with E-state index in [1.165, 1.54) is 12.8 Å². The van der Waals surface area contributed by atoms with Crippen LogP contribution < -0.4 is 10.1 Å². The van der Waals surface area contributed by atoms with E-state index in [4.69, 9.17) is 16.3 Å². The van der Waals surface area contributed by atoms with E-state index in [-0.39, 0.29) is 24.0 Å². The van der Waals surface area contributed by atoms with E-state index in [1.807, 2.05) is 12.1 Å². The van der Waals surface area contributed by atoms with Gasteiger partial charge in [-0.2, -0.15) is 0 Å². The van der Waals surface area contributed by atoms with Gasteiger partial charge in [0, 0.05) is 11.6 Å². The number of halogens is 1. The van der Waals surface area contributed by atoms with E-state index in [2.05, 4.69) is 5.32 Å². The molecule has 0 radical (unpaired) electrons. The van der Waals surface area contributed by atoms with Crippen LogP contribution in [-0.2, 0) is 4.79 Å². The van der Waals surface area contributed by atoms with Crippen molar-refractivity contribution >= 4 is 23.2 Å². The molecule has 2 saturated carbocycles. The average molecular weight is 338 g/mol. The largest absolute Gasteiger partial charge is 0.489 e. The third-order valence-electron chi connectivity index (χ3n) is 4.86. The summed E-state index contributed by atoms with van der Waals surface area (Å²) in [7, 11) is 0. The van der Waals surface area contributed by atoms with Gasteiger partial charge in [0.2, 0.25) is 5.91 Å². The molecule has 0 saturated heterocycles. The van der Waals surface area contributed by atoms with Crippen molar-refractivity contribution in [2.24, 2.45) is 5.92 Å². The van der Waals surface area contributed by atoms with Crippen molar-refractivity contribution in [2.45, 2.75) is 63.6 Å². The smallest absolute Gasteiger partial charge is 0.227 e. The number of benzene rings is 1. The van der Waals surface area contributed by atoms with Crippen molar-refractivity contribution in [2.75, 3.05) is 5.32 Å². The predicted molar refractivity (Wildman–Crippen MR) is 90.9 cm³/mol. The van der Waals surface area contributed by atoms with Crippen LogP contribution in [0.1, 0.15) is 51.4 Å². The van der Waals surface area contributed by atoms with Crippen LogP contribution in [0.25, 0.3) is 0 Å².